The minimum atomic E-state index is -3.77. The predicted octanol–water partition coefficient (Wildman–Crippen LogP) is 4.38. The molecule has 0 fully saturated rings. The third-order valence-corrected chi connectivity index (χ3v) is 6.90. The SMILES string of the molecule is Cc1ccc(NS(=O)(=O)c2ccc3c(c2)NC(=O)C[C@H](C)S3)c(Br)c1. The average molecular weight is 441 g/mol. The quantitative estimate of drug-likeness (QED) is 0.742. The molecule has 0 aromatic heterocycles. The van der Waals surface area contributed by atoms with E-state index in [1.165, 1.54) is 6.07 Å². The van der Waals surface area contributed by atoms with Crippen molar-refractivity contribution in [2.75, 3.05) is 10.0 Å². The van der Waals surface area contributed by atoms with Crippen LogP contribution >= 0.6 is 27.7 Å². The summed E-state index contributed by atoms with van der Waals surface area (Å²) in [5, 5.41) is 2.93. The molecular weight excluding hydrogens is 424 g/mol. The molecule has 5 nitrogen and oxygen atoms in total. The van der Waals surface area contributed by atoms with Crippen LogP contribution in [0.3, 0.4) is 0 Å². The summed E-state index contributed by atoms with van der Waals surface area (Å²) in [7, 11) is -3.77. The molecule has 0 spiro atoms. The Morgan fingerprint density at radius 2 is 2.00 bits per heavy atom. The van der Waals surface area contributed by atoms with Crippen LogP contribution in [0.4, 0.5) is 11.4 Å². The third kappa shape index (κ3) is 4.19. The van der Waals surface area contributed by atoms with Crippen molar-refractivity contribution in [3.8, 4) is 0 Å². The van der Waals surface area contributed by atoms with E-state index in [0.29, 0.717) is 22.3 Å². The van der Waals surface area contributed by atoms with Gasteiger partial charge in [0.1, 0.15) is 0 Å². The lowest BCUT2D eigenvalue weighted by atomic mass is 10.2. The number of rotatable bonds is 3. The second kappa shape index (κ2) is 7.01. The second-order valence-electron chi connectivity index (χ2n) is 5.93. The summed E-state index contributed by atoms with van der Waals surface area (Å²) in [5.41, 5.74) is 2.02. The number of sulfonamides is 1. The molecule has 2 aromatic rings. The number of carbonyl (C=O) groups excluding carboxylic acids is 1. The predicted molar refractivity (Wildman–Crippen MR) is 105 cm³/mol. The number of amides is 1. The van der Waals surface area contributed by atoms with Crippen molar-refractivity contribution < 1.29 is 13.2 Å². The topological polar surface area (TPSA) is 75.3 Å². The first-order valence-corrected chi connectivity index (χ1v) is 10.8. The molecule has 1 aliphatic heterocycles. The number of aryl methyl sites for hydroxylation is 1. The van der Waals surface area contributed by atoms with Gasteiger partial charge in [0.2, 0.25) is 5.91 Å². The molecule has 1 amide bonds. The maximum atomic E-state index is 12.7. The zero-order valence-corrected chi connectivity index (χ0v) is 16.9. The van der Waals surface area contributed by atoms with Crippen LogP contribution in [-0.2, 0) is 14.8 Å². The number of fused-ring (bicyclic) bond motifs is 1. The van der Waals surface area contributed by atoms with E-state index in [0.717, 1.165) is 10.5 Å². The summed E-state index contributed by atoms with van der Waals surface area (Å²) < 4.78 is 28.7. The Bertz CT molecular complexity index is 945. The van der Waals surface area contributed by atoms with Gasteiger partial charge in [-0.1, -0.05) is 13.0 Å². The summed E-state index contributed by atoms with van der Waals surface area (Å²) >= 11 is 4.93. The average Bonchev–Trinajstić information content (AvgIpc) is 2.65. The van der Waals surface area contributed by atoms with Gasteiger partial charge in [0.25, 0.3) is 10.0 Å². The van der Waals surface area contributed by atoms with Crippen LogP contribution in [0.15, 0.2) is 50.7 Å². The van der Waals surface area contributed by atoms with Crippen molar-refractivity contribution in [2.24, 2.45) is 0 Å². The van der Waals surface area contributed by atoms with Crippen LogP contribution in [0, 0.1) is 6.92 Å². The monoisotopic (exact) mass is 440 g/mol. The summed E-state index contributed by atoms with van der Waals surface area (Å²) in [6.45, 7) is 3.90. The van der Waals surface area contributed by atoms with Crippen molar-refractivity contribution in [1.82, 2.24) is 0 Å². The molecule has 25 heavy (non-hydrogen) atoms. The van der Waals surface area contributed by atoms with Gasteiger partial charge >= 0.3 is 0 Å². The first-order valence-electron chi connectivity index (χ1n) is 7.64. The lowest BCUT2D eigenvalue weighted by Gasteiger charge is -2.13. The summed E-state index contributed by atoms with van der Waals surface area (Å²) in [4.78, 5) is 12.9. The molecule has 0 radical (unpaired) electrons. The van der Waals surface area contributed by atoms with Crippen molar-refractivity contribution in [1.29, 1.82) is 0 Å². The number of anilines is 2. The number of thioether (sulfide) groups is 1. The number of hydrogen-bond acceptors (Lipinski definition) is 4. The van der Waals surface area contributed by atoms with Gasteiger partial charge in [-0.3, -0.25) is 9.52 Å². The highest BCUT2D eigenvalue weighted by molar-refractivity contribution is 9.10. The zero-order chi connectivity index (χ0) is 18.2. The maximum Gasteiger partial charge on any atom is 0.262 e. The van der Waals surface area contributed by atoms with Crippen molar-refractivity contribution >= 4 is 55.0 Å². The fraction of sp³-hybridized carbons (Fsp3) is 0.235. The molecule has 0 unspecified atom stereocenters. The lowest BCUT2D eigenvalue weighted by molar-refractivity contribution is -0.116. The minimum absolute atomic E-state index is 0.106. The van der Waals surface area contributed by atoms with Crippen molar-refractivity contribution in [3.05, 3.63) is 46.4 Å². The van der Waals surface area contributed by atoms with E-state index in [1.807, 2.05) is 26.0 Å². The standard InChI is InChI=1S/C17H17BrN2O3S2/c1-10-3-5-14(13(18)7-10)20-25(22,23)12-4-6-16-15(9-12)19-17(21)8-11(2)24-16/h3-7,9,11,20H,8H2,1-2H3,(H,19,21)/t11-/m0/s1. The Hall–Kier alpha value is -1.51. The molecule has 3 rings (SSSR count). The van der Waals surface area contributed by atoms with E-state index >= 15 is 0 Å². The molecule has 0 bridgehead atoms. The van der Waals surface area contributed by atoms with E-state index in [-0.39, 0.29) is 16.1 Å². The highest BCUT2D eigenvalue weighted by Crippen LogP contribution is 2.36. The largest absolute Gasteiger partial charge is 0.325 e. The van der Waals surface area contributed by atoms with Gasteiger partial charge in [0, 0.05) is 21.0 Å². The Labute approximate surface area is 159 Å². The van der Waals surface area contributed by atoms with Crippen LogP contribution in [0.5, 0.6) is 0 Å². The highest BCUT2D eigenvalue weighted by Gasteiger charge is 2.22. The van der Waals surface area contributed by atoms with E-state index in [2.05, 4.69) is 26.0 Å². The Morgan fingerprint density at radius 1 is 1.24 bits per heavy atom. The summed E-state index contributed by atoms with van der Waals surface area (Å²) in [6.07, 6.45) is 0.399. The minimum Gasteiger partial charge on any atom is -0.325 e. The number of benzene rings is 2. The first-order chi connectivity index (χ1) is 11.7. The van der Waals surface area contributed by atoms with E-state index in [1.54, 1.807) is 30.0 Å². The molecule has 1 aliphatic rings. The number of carbonyl (C=O) groups is 1. The first kappa shape index (κ1) is 18.3. The highest BCUT2D eigenvalue weighted by atomic mass is 79.9. The number of halogens is 1. The smallest absolute Gasteiger partial charge is 0.262 e. The van der Waals surface area contributed by atoms with Gasteiger partial charge < -0.3 is 5.32 Å². The molecule has 0 aliphatic carbocycles. The molecule has 8 heteroatoms. The van der Waals surface area contributed by atoms with Gasteiger partial charge in [-0.15, -0.1) is 11.8 Å². The van der Waals surface area contributed by atoms with Gasteiger partial charge in [-0.25, -0.2) is 8.42 Å². The molecule has 132 valence electrons. The molecule has 1 atom stereocenters. The van der Waals surface area contributed by atoms with Crippen LogP contribution in [0.25, 0.3) is 0 Å². The van der Waals surface area contributed by atoms with Gasteiger partial charge in [-0.05, 0) is 58.7 Å². The molecule has 2 aromatic carbocycles. The third-order valence-electron chi connectivity index (χ3n) is 3.71. The molecule has 0 saturated heterocycles. The zero-order valence-electron chi connectivity index (χ0n) is 13.7. The maximum absolute atomic E-state index is 12.7. The Morgan fingerprint density at radius 3 is 2.72 bits per heavy atom. The molecule has 1 heterocycles. The fourth-order valence-corrected chi connectivity index (χ4v) is 5.38. The van der Waals surface area contributed by atoms with Crippen LogP contribution in [-0.4, -0.2) is 19.6 Å². The van der Waals surface area contributed by atoms with Gasteiger partial charge in [0.15, 0.2) is 0 Å². The fourth-order valence-electron chi connectivity index (χ4n) is 2.50. The Balaban J connectivity index is 1.94. The van der Waals surface area contributed by atoms with E-state index in [4.69, 9.17) is 0 Å². The van der Waals surface area contributed by atoms with E-state index in [9.17, 15) is 13.2 Å². The lowest BCUT2D eigenvalue weighted by Crippen LogP contribution is -2.15. The van der Waals surface area contributed by atoms with Gasteiger partial charge in [0.05, 0.1) is 16.3 Å². The molecule has 0 saturated carbocycles. The Kier molecular flexibility index (Phi) is 5.13. The molecular formula is C17H17BrN2O3S2. The second-order valence-corrected chi connectivity index (χ2v) is 9.94. The normalized spacial score (nSPS) is 17.4. The van der Waals surface area contributed by atoms with Crippen molar-refractivity contribution in [2.45, 2.75) is 35.3 Å². The summed E-state index contributed by atoms with van der Waals surface area (Å²) in [5.74, 6) is -0.109. The van der Waals surface area contributed by atoms with Crippen LogP contribution in [0.1, 0.15) is 18.9 Å². The molecule has 2 N–H and O–H groups in total. The van der Waals surface area contributed by atoms with E-state index < -0.39 is 10.0 Å². The van der Waals surface area contributed by atoms with Crippen LogP contribution < -0.4 is 10.0 Å². The number of hydrogen-bond donors (Lipinski definition) is 2. The van der Waals surface area contributed by atoms with Gasteiger partial charge in [-0.2, -0.15) is 0 Å². The summed E-state index contributed by atoms with van der Waals surface area (Å²) in [6, 6.07) is 10.2. The number of nitrogens with one attached hydrogen (secondary N) is 2. The van der Waals surface area contributed by atoms with Crippen molar-refractivity contribution in [3.63, 3.8) is 0 Å². The van der Waals surface area contributed by atoms with Crippen LogP contribution in [0.2, 0.25) is 0 Å².